The molecule has 1 spiro atoms. The van der Waals surface area contributed by atoms with E-state index in [4.69, 9.17) is 0 Å². The van der Waals surface area contributed by atoms with Crippen molar-refractivity contribution in [3.63, 3.8) is 0 Å². The van der Waals surface area contributed by atoms with Crippen LogP contribution < -0.4 is 5.32 Å². The molecule has 2 aliphatic rings. The Morgan fingerprint density at radius 2 is 1.79 bits per heavy atom. The van der Waals surface area contributed by atoms with E-state index in [1.807, 2.05) is 4.90 Å². The van der Waals surface area contributed by atoms with E-state index in [9.17, 15) is 9.59 Å². The lowest BCUT2D eigenvalue weighted by molar-refractivity contribution is -0.162. The van der Waals surface area contributed by atoms with Crippen LogP contribution in [-0.4, -0.2) is 63.0 Å². The second kappa shape index (κ2) is 9.77. The largest absolute Gasteiger partial charge is 0.342 e. The molecule has 2 N–H and O–H groups in total. The number of piperazine rings is 1. The molecule has 2 aliphatic heterocycles. The van der Waals surface area contributed by atoms with Gasteiger partial charge in [0.15, 0.2) is 0 Å². The Morgan fingerprint density at radius 1 is 1.15 bits per heavy atom. The molecule has 2 saturated heterocycles. The number of likely N-dealkylation sites (tertiary alicyclic amines) is 1. The van der Waals surface area contributed by atoms with Gasteiger partial charge in [-0.2, -0.15) is 5.10 Å². The van der Waals surface area contributed by atoms with E-state index < -0.39 is 11.6 Å². The number of piperidine rings is 1. The van der Waals surface area contributed by atoms with Crippen molar-refractivity contribution in [2.75, 3.05) is 19.6 Å². The molecule has 7 heteroatoms. The molecule has 7 nitrogen and oxygen atoms in total. The fourth-order valence-corrected chi connectivity index (χ4v) is 5.92. The molecular formula is C26H45N5O2. The van der Waals surface area contributed by atoms with Gasteiger partial charge >= 0.3 is 0 Å². The summed E-state index contributed by atoms with van der Waals surface area (Å²) in [5.74, 6) is 0.516. The highest BCUT2D eigenvalue weighted by Gasteiger charge is 2.54. The van der Waals surface area contributed by atoms with Crippen molar-refractivity contribution >= 4 is 11.8 Å². The average molecular weight is 460 g/mol. The molecule has 1 aromatic rings. The van der Waals surface area contributed by atoms with Gasteiger partial charge in [0, 0.05) is 36.9 Å². The van der Waals surface area contributed by atoms with Crippen LogP contribution in [-0.2, 0) is 9.59 Å². The third-order valence-electron chi connectivity index (χ3n) is 7.52. The minimum atomic E-state index is -0.723. The summed E-state index contributed by atoms with van der Waals surface area (Å²) in [6, 6.07) is -0.190. The van der Waals surface area contributed by atoms with Gasteiger partial charge < -0.3 is 10.2 Å². The number of nitrogens with zero attached hydrogens (tertiary/aromatic N) is 3. The summed E-state index contributed by atoms with van der Waals surface area (Å²) in [6.07, 6.45) is 3.97. The van der Waals surface area contributed by atoms with Crippen LogP contribution in [0, 0.1) is 25.2 Å². The van der Waals surface area contributed by atoms with E-state index in [1.165, 1.54) is 5.56 Å². The van der Waals surface area contributed by atoms with Crippen molar-refractivity contribution in [3.8, 4) is 0 Å². The molecule has 0 bridgehead atoms. The zero-order chi connectivity index (χ0) is 24.6. The van der Waals surface area contributed by atoms with Gasteiger partial charge in [-0.15, -0.1) is 0 Å². The zero-order valence-corrected chi connectivity index (χ0v) is 22.0. The van der Waals surface area contributed by atoms with Gasteiger partial charge in [-0.05, 0) is 50.9 Å². The predicted octanol–water partition coefficient (Wildman–Crippen LogP) is 4.12. The molecule has 1 aromatic heterocycles. The van der Waals surface area contributed by atoms with Crippen molar-refractivity contribution in [2.24, 2.45) is 11.3 Å². The van der Waals surface area contributed by atoms with Gasteiger partial charge in [0.05, 0.1) is 5.69 Å². The summed E-state index contributed by atoms with van der Waals surface area (Å²) < 4.78 is 0. The first-order valence-electron chi connectivity index (χ1n) is 12.8. The summed E-state index contributed by atoms with van der Waals surface area (Å²) in [6.45, 7) is 19.5. The molecule has 3 rings (SSSR count). The van der Waals surface area contributed by atoms with Crippen LogP contribution >= 0.6 is 0 Å². The number of carbonyl (C=O) groups excluding carboxylic acids is 2. The number of rotatable bonds is 7. The molecule has 3 heterocycles. The minimum absolute atomic E-state index is 0.0127. The number of amides is 2. The predicted molar refractivity (Wildman–Crippen MR) is 132 cm³/mol. The van der Waals surface area contributed by atoms with E-state index in [1.54, 1.807) is 0 Å². The average Bonchev–Trinajstić information content (AvgIpc) is 3.05. The van der Waals surface area contributed by atoms with Crippen molar-refractivity contribution < 1.29 is 9.59 Å². The Balaban J connectivity index is 1.87. The molecule has 0 aromatic carbocycles. The first kappa shape index (κ1) is 25.7. The number of H-pyrrole nitrogens is 1. The number of nitrogens with one attached hydrogen (secondary N) is 2. The number of unbranched alkanes of at least 4 members (excludes halogenated alkanes) is 1. The number of aryl methyl sites for hydroxylation is 2. The van der Waals surface area contributed by atoms with Gasteiger partial charge in [-0.1, -0.05) is 48.0 Å². The second-order valence-electron chi connectivity index (χ2n) is 11.7. The normalized spacial score (nSPS) is 22.8. The van der Waals surface area contributed by atoms with Crippen LogP contribution in [0.15, 0.2) is 0 Å². The lowest BCUT2D eigenvalue weighted by Gasteiger charge is -2.54. The summed E-state index contributed by atoms with van der Waals surface area (Å²) in [4.78, 5) is 31.5. The maximum absolute atomic E-state index is 13.6. The van der Waals surface area contributed by atoms with Gasteiger partial charge in [-0.3, -0.25) is 19.6 Å². The fourth-order valence-electron chi connectivity index (χ4n) is 5.92. The van der Waals surface area contributed by atoms with Gasteiger partial charge in [-0.25, -0.2) is 0 Å². The van der Waals surface area contributed by atoms with E-state index >= 15 is 0 Å². The Labute approximate surface area is 200 Å². The van der Waals surface area contributed by atoms with Crippen LogP contribution in [0.3, 0.4) is 0 Å². The van der Waals surface area contributed by atoms with Crippen LogP contribution in [0.2, 0.25) is 0 Å². The lowest BCUT2D eigenvalue weighted by atomic mass is 9.76. The zero-order valence-electron chi connectivity index (χ0n) is 22.0. The molecule has 0 aliphatic carbocycles. The monoisotopic (exact) mass is 459 g/mol. The van der Waals surface area contributed by atoms with E-state index in [2.05, 4.69) is 75.8 Å². The van der Waals surface area contributed by atoms with Crippen molar-refractivity contribution in [3.05, 3.63) is 17.0 Å². The Hall–Kier alpha value is -1.89. The molecule has 0 saturated carbocycles. The number of aromatic nitrogens is 2. The third kappa shape index (κ3) is 4.98. The molecule has 186 valence electrons. The highest BCUT2D eigenvalue weighted by molar-refractivity contribution is 6.00. The van der Waals surface area contributed by atoms with E-state index in [0.29, 0.717) is 31.7 Å². The first-order chi connectivity index (χ1) is 15.4. The van der Waals surface area contributed by atoms with Gasteiger partial charge in [0.2, 0.25) is 11.8 Å². The fraction of sp³-hybridized carbons (Fsp3) is 0.808. The van der Waals surface area contributed by atoms with Crippen LogP contribution in [0.5, 0.6) is 0 Å². The second-order valence-corrected chi connectivity index (χ2v) is 11.7. The summed E-state index contributed by atoms with van der Waals surface area (Å²) >= 11 is 0. The smallest absolute Gasteiger partial charge is 0.246 e. The minimum Gasteiger partial charge on any atom is -0.342 e. The highest BCUT2D eigenvalue weighted by atomic mass is 16.2. The number of hydrogen-bond acceptors (Lipinski definition) is 4. The van der Waals surface area contributed by atoms with Crippen LogP contribution in [0.25, 0.3) is 0 Å². The van der Waals surface area contributed by atoms with Crippen LogP contribution in [0.1, 0.15) is 96.6 Å². The molecule has 2 amide bonds. The number of carbonyl (C=O) groups is 2. The number of aromatic amines is 1. The number of hydrogen-bond donors (Lipinski definition) is 2. The molecule has 33 heavy (non-hydrogen) atoms. The topological polar surface area (TPSA) is 81.3 Å². The van der Waals surface area contributed by atoms with Crippen LogP contribution in [0.4, 0.5) is 0 Å². The first-order valence-corrected chi connectivity index (χ1v) is 12.8. The summed E-state index contributed by atoms with van der Waals surface area (Å²) in [5, 5.41) is 10.7. The molecule has 2 atom stereocenters. The quantitative estimate of drug-likeness (QED) is 0.643. The highest BCUT2D eigenvalue weighted by Crippen LogP contribution is 2.44. The van der Waals surface area contributed by atoms with Gasteiger partial charge in [0.25, 0.3) is 0 Å². The Kier molecular flexibility index (Phi) is 7.62. The van der Waals surface area contributed by atoms with Crippen molar-refractivity contribution in [1.29, 1.82) is 0 Å². The van der Waals surface area contributed by atoms with Crippen molar-refractivity contribution in [2.45, 2.75) is 105 Å². The molecular weight excluding hydrogens is 414 g/mol. The summed E-state index contributed by atoms with van der Waals surface area (Å²) in [7, 11) is 0. The lowest BCUT2D eigenvalue weighted by Crippen LogP contribution is -2.73. The third-order valence-corrected chi connectivity index (χ3v) is 7.52. The molecule has 1 unspecified atom stereocenters. The Morgan fingerprint density at radius 3 is 2.27 bits per heavy atom. The Bertz CT molecular complexity index is 826. The summed E-state index contributed by atoms with van der Waals surface area (Å²) in [5.41, 5.74) is 2.71. The van der Waals surface area contributed by atoms with E-state index in [0.717, 1.165) is 37.3 Å². The van der Waals surface area contributed by atoms with Gasteiger partial charge in [0.1, 0.15) is 11.6 Å². The maximum Gasteiger partial charge on any atom is 0.246 e. The standard InChI is InChI=1S/C26H45N5O2/c1-9-10-13-31-23(32)20(16-17(2)3)27-24(33)26(31)11-14-30(15-12-26)22(25(6,7)8)21-18(4)28-29-19(21)5/h17,20,22H,9-16H2,1-8H3,(H,27,33)(H,28,29)/t20-,22?/m0/s1. The maximum atomic E-state index is 13.6. The molecule has 0 radical (unpaired) electrons. The SMILES string of the molecule is CCCCN1C(=O)[C@H](CC(C)C)NC(=O)C12CCN(C(c1c(C)n[nH]c1C)C(C)(C)C)CC2. The molecule has 2 fully saturated rings. The van der Waals surface area contributed by atoms with E-state index in [-0.39, 0.29) is 23.3 Å². The van der Waals surface area contributed by atoms with Crippen molar-refractivity contribution in [1.82, 2.24) is 25.3 Å².